The molecule has 0 aliphatic carbocycles. The third-order valence-electron chi connectivity index (χ3n) is 3.56. The van der Waals surface area contributed by atoms with Crippen LogP contribution in [0.3, 0.4) is 0 Å². The molecule has 0 N–H and O–H groups in total. The number of rotatable bonds is 3. The normalized spacial score (nSPS) is 30.1. The van der Waals surface area contributed by atoms with Gasteiger partial charge in [-0.2, -0.15) is 5.26 Å². The van der Waals surface area contributed by atoms with E-state index < -0.39 is 0 Å². The van der Waals surface area contributed by atoms with Gasteiger partial charge in [-0.3, -0.25) is 4.90 Å². The number of likely N-dealkylation sites (tertiary alicyclic amines) is 1. The summed E-state index contributed by atoms with van der Waals surface area (Å²) in [5.41, 5.74) is 0. The predicted octanol–water partition coefficient (Wildman–Crippen LogP) is 0.553. The highest BCUT2D eigenvalue weighted by Crippen LogP contribution is 2.17. The first-order valence-corrected chi connectivity index (χ1v) is 6.23. The standard InChI is InChI=1S/C12H21N3O/c1-11(8-13)9-14-3-2-12(10-14)15-4-6-16-7-5-15/h11-12H,2-7,9-10H2,1H3. The molecule has 0 spiro atoms. The third-order valence-corrected chi connectivity index (χ3v) is 3.56. The Bertz CT molecular complexity index is 257. The Hall–Kier alpha value is -0.630. The molecule has 2 unspecified atom stereocenters. The van der Waals surface area contributed by atoms with Crippen molar-refractivity contribution in [3.8, 4) is 6.07 Å². The second-order valence-electron chi connectivity index (χ2n) is 4.88. The maximum Gasteiger partial charge on any atom is 0.0666 e. The molecule has 90 valence electrons. The monoisotopic (exact) mass is 223 g/mol. The maximum atomic E-state index is 8.81. The van der Waals surface area contributed by atoms with Gasteiger partial charge in [-0.15, -0.1) is 0 Å². The van der Waals surface area contributed by atoms with Crippen LogP contribution >= 0.6 is 0 Å². The van der Waals surface area contributed by atoms with E-state index in [0.717, 1.165) is 45.9 Å². The van der Waals surface area contributed by atoms with Crippen LogP contribution < -0.4 is 0 Å². The Morgan fingerprint density at radius 2 is 2.12 bits per heavy atom. The number of ether oxygens (including phenoxy) is 1. The lowest BCUT2D eigenvalue weighted by Gasteiger charge is -2.32. The van der Waals surface area contributed by atoms with Crippen molar-refractivity contribution in [1.82, 2.24) is 9.80 Å². The molecule has 0 aromatic rings. The lowest BCUT2D eigenvalue weighted by atomic mass is 10.2. The Morgan fingerprint density at radius 1 is 1.38 bits per heavy atom. The predicted molar refractivity (Wildman–Crippen MR) is 62.0 cm³/mol. The maximum absolute atomic E-state index is 8.81. The van der Waals surface area contributed by atoms with Gasteiger partial charge in [0.2, 0.25) is 0 Å². The first-order chi connectivity index (χ1) is 7.79. The number of morpholine rings is 1. The van der Waals surface area contributed by atoms with Gasteiger partial charge in [0.05, 0.1) is 25.2 Å². The molecule has 0 aromatic carbocycles. The molecule has 4 heteroatoms. The van der Waals surface area contributed by atoms with E-state index in [1.807, 2.05) is 6.92 Å². The minimum absolute atomic E-state index is 0.156. The molecule has 2 rings (SSSR count). The average Bonchev–Trinajstić information content (AvgIpc) is 2.78. The van der Waals surface area contributed by atoms with Crippen molar-refractivity contribution in [3.63, 3.8) is 0 Å². The lowest BCUT2D eigenvalue weighted by Crippen LogP contribution is -2.44. The highest BCUT2D eigenvalue weighted by molar-refractivity contribution is 4.88. The van der Waals surface area contributed by atoms with E-state index in [4.69, 9.17) is 10.00 Å². The highest BCUT2D eigenvalue weighted by atomic mass is 16.5. The number of hydrogen-bond donors (Lipinski definition) is 0. The topological polar surface area (TPSA) is 39.5 Å². The fourth-order valence-corrected chi connectivity index (χ4v) is 2.65. The van der Waals surface area contributed by atoms with Gasteiger partial charge in [0.1, 0.15) is 0 Å². The van der Waals surface area contributed by atoms with Crippen LogP contribution in [0.2, 0.25) is 0 Å². The van der Waals surface area contributed by atoms with Gasteiger partial charge in [-0.1, -0.05) is 0 Å². The molecule has 2 aliphatic rings. The van der Waals surface area contributed by atoms with E-state index in [1.165, 1.54) is 6.42 Å². The number of hydrogen-bond acceptors (Lipinski definition) is 4. The van der Waals surface area contributed by atoms with Crippen LogP contribution in [0.1, 0.15) is 13.3 Å². The summed E-state index contributed by atoms with van der Waals surface area (Å²) in [6.07, 6.45) is 1.25. The minimum atomic E-state index is 0.156. The minimum Gasteiger partial charge on any atom is -0.379 e. The van der Waals surface area contributed by atoms with Crippen molar-refractivity contribution in [2.24, 2.45) is 5.92 Å². The summed E-state index contributed by atoms with van der Waals surface area (Å²) in [5.74, 6) is 0.156. The first-order valence-electron chi connectivity index (χ1n) is 6.23. The van der Waals surface area contributed by atoms with E-state index in [1.54, 1.807) is 0 Å². The molecule has 2 aliphatic heterocycles. The van der Waals surface area contributed by atoms with Crippen LogP contribution in [-0.2, 0) is 4.74 Å². The van der Waals surface area contributed by atoms with Gasteiger partial charge in [0.25, 0.3) is 0 Å². The second-order valence-corrected chi connectivity index (χ2v) is 4.88. The third kappa shape index (κ3) is 2.94. The Balaban J connectivity index is 1.76. The molecule has 2 atom stereocenters. The summed E-state index contributed by atoms with van der Waals surface area (Å²) in [6, 6.07) is 3.00. The van der Waals surface area contributed by atoms with E-state index >= 15 is 0 Å². The van der Waals surface area contributed by atoms with Gasteiger partial charge >= 0.3 is 0 Å². The van der Waals surface area contributed by atoms with Crippen LogP contribution in [0.4, 0.5) is 0 Å². The van der Waals surface area contributed by atoms with Gasteiger partial charge in [0, 0.05) is 32.2 Å². The summed E-state index contributed by atoms with van der Waals surface area (Å²) >= 11 is 0. The van der Waals surface area contributed by atoms with E-state index in [2.05, 4.69) is 15.9 Å². The Labute approximate surface area is 97.8 Å². The molecule has 0 radical (unpaired) electrons. The molecule has 16 heavy (non-hydrogen) atoms. The molecule has 0 bridgehead atoms. The van der Waals surface area contributed by atoms with Gasteiger partial charge in [-0.25, -0.2) is 0 Å². The zero-order valence-corrected chi connectivity index (χ0v) is 10.1. The summed E-state index contributed by atoms with van der Waals surface area (Å²) < 4.78 is 5.37. The molecule has 0 saturated carbocycles. The molecule has 2 fully saturated rings. The molecular formula is C12H21N3O. The summed E-state index contributed by atoms with van der Waals surface area (Å²) in [7, 11) is 0. The van der Waals surface area contributed by atoms with Crippen molar-refractivity contribution in [3.05, 3.63) is 0 Å². The van der Waals surface area contributed by atoms with Crippen LogP contribution in [-0.4, -0.2) is 61.8 Å². The fraction of sp³-hybridized carbons (Fsp3) is 0.917. The first kappa shape index (κ1) is 11.8. The molecule has 0 amide bonds. The van der Waals surface area contributed by atoms with Gasteiger partial charge in [-0.05, 0) is 19.9 Å². The van der Waals surface area contributed by atoms with E-state index in [0.29, 0.717) is 6.04 Å². The number of nitriles is 1. The Kier molecular flexibility index (Phi) is 4.16. The van der Waals surface area contributed by atoms with Crippen molar-refractivity contribution in [2.45, 2.75) is 19.4 Å². The molecule has 0 aromatic heterocycles. The second kappa shape index (κ2) is 5.62. The average molecular weight is 223 g/mol. The van der Waals surface area contributed by atoms with Crippen molar-refractivity contribution >= 4 is 0 Å². The summed E-state index contributed by atoms with van der Waals surface area (Å²) in [5, 5.41) is 8.81. The van der Waals surface area contributed by atoms with Crippen molar-refractivity contribution in [2.75, 3.05) is 45.9 Å². The smallest absolute Gasteiger partial charge is 0.0666 e. The van der Waals surface area contributed by atoms with Crippen LogP contribution in [0.5, 0.6) is 0 Å². The van der Waals surface area contributed by atoms with Crippen molar-refractivity contribution < 1.29 is 4.74 Å². The molecule has 2 saturated heterocycles. The lowest BCUT2D eigenvalue weighted by molar-refractivity contribution is 0.0184. The van der Waals surface area contributed by atoms with Gasteiger partial charge in [0.15, 0.2) is 0 Å². The summed E-state index contributed by atoms with van der Waals surface area (Å²) in [6.45, 7) is 9.12. The zero-order valence-electron chi connectivity index (χ0n) is 10.1. The van der Waals surface area contributed by atoms with Crippen LogP contribution in [0, 0.1) is 17.2 Å². The molecule has 4 nitrogen and oxygen atoms in total. The molecule has 2 heterocycles. The van der Waals surface area contributed by atoms with Gasteiger partial charge < -0.3 is 9.64 Å². The van der Waals surface area contributed by atoms with E-state index in [9.17, 15) is 0 Å². The fourth-order valence-electron chi connectivity index (χ4n) is 2.65. The van der Waals surface area contributed by atoms with Crippen LogP contribution in [0.25, 0.3) is 0 Å². The van der Waals surface area contributed by atoms with Crippen molar-refractivity contribution in [1.29, 1.82) is 5.26 Å². The highest BCUT2D eigenvalue weighted by Gasteiger charge is 2.28. The number of nitrogens with zero attached hydrogens (tertiary/aromatic N) is 3. The largest absolute Gasteiger partial charge is 0.379 e. The van der Waals surface area contributed by atoms with E-state index in [-0.39, 0.29) is 5.92 Å². The Morgan fingerprint density at radius 3 is 2.81 bits per heavy atom. The zero-order chi connectivity index (χ0) is 11.4. The molecular weight excluding hydrogens is 202 g/mol. The SMILES string of the molecule is CC(C#N)CN1CCC(N2CCOCC2)C1. The van der Waals surface area contributed by atoms with Crippen LogP contribution in [0.15, 0.2) is 0 Å². The summed E-state index contributed by atoms with van der Waals surface area (Å²) in [4.78, 5) is 4.97. The quantitative estimate of drug-likeness (QED) is 0.700.